The third-order valence-electron chi connectivity index (χ3n) is 5.95. The average molecular weight is 691 g/mol. The van der Waals surface area contributed by atoms with Crippen LogP contribution < -0.4 is 4.74 Å². The number of rotatable bonds is 6. The summed E-state index contributed by atoms with van der Waals surface area (Å²) >= 11 is 38.8. The summed E-state index contributed by atoms with van der Waals surface area (Å²) in [6.07, 6.45) is 3.23. The number of aliphatic hydroxyl groups is 1. The lowest BCUT2D eigenvalue weighted by Gasteiger charge is -2.44. The Hall–Kier alpha value is -0.0251. The zero-order valence-corrected chi connectivity index (χ0v) is 27.5. The Kier molecular flexibility index (Phi) is 9.47. The van der Waals surface area contributed by atoms with Crippen molar-refractivity contribution in [2.75, 3.05) is 6.61 Å². The number of nitrogens with zero attached hydrogens (tertiary/aromatic N) is 4. The summed E-state index contributed by atoms with van der Waals surface area (Å²) in [5, 5.41) is 17.8. The number of thioether (sulfide) groups is 1. The van der Waals surface area contributed by atoms with E-state index in [-0.39, 0.29) is 24.5 Å². The van der Waals surface area contributed by atoms with Gasteiger partial charge in [0.25, 0.3) is 0 Å². The van der Waals surface area contributed by atoms with Crippen LogP contribution in [0.4, 0.5) is 4.39 Å². The largest absolute Gasteiger partial charge is 0.485 e. The lowest BCUT2D eigenvalue weighted by atomic mass is 9.83. The van der Waals surface area contributed by atoms with Crippen molar-refractivity contribution < 1.29 is 14.2 Å². The van der Waals surface area contributed by atoms with Crippen molar-refractivity contribution in [3.8, 4) is 23.3 Å². The van der Waals surface area contributed by atoms with Gasteiger partial charge in [-0.3, -0.25) is 9.55 Å². The van der Waals surface area contributed by atoms with Crippen molar-refractivity contribution >= 4 is 121 Å². The summed E-state index contributed by atoms with van der Waals surface area (Å²) in [7, 11) is 6.69. The van der Waals surface area contributed by atoms with E-state index in [1.807, 2.05) is 0 Å². The first-order chi connectivity index (χ1) is 18.1. The van der Waals surface area contributed by atoms with Gasteiger partial charge < -0.3 is 9.84 Å². The van der Waals surface area contributed by atoms with Crippen molar-refractivity contribution in [3.05, 3.63) is 59.9 Å². The van der Waals surface area contributed by atoms with Gasteiger partial charge in [0.05, 0.1) is 33.5 Å². The lowest BCUT2D eigenvalue weighted by molar-refractivity contribution is 0.291. The van der Waals surface area contributed by atoms with E-state index < -0.39 is 26.8 Å². The van der Waals surface area contributed by atoms with Crippen LogP contribution in [0.5, 0.6) is 5.75 Å². The van der Waals surface area contributed by atoms with Gasteiger partial charge in [-0.25, -0.2) is 4.39 Å². The van der Waals surface area contributed by atoms with E-state index in [4.69, 9.17) is 68.2 Å². The minimum absolute atomic E-state index is 0.0865. The van der Waals surface area contributed by atoms with Crippen LogP contribution in [-0.4, -0.2) is 60.3 Å². The molecule has 2 atom stereocenters. The van der Waals surface area contributed by atoms with Crippen LogP contribution in [0.15, 0.2) is 47.9 Å². The molecule has 2 aromatic heterocycles. The van der Waals surface area contributed by atoms with Crippen molar-refractivity contribution in [3.63, 3.8) is 0 Å². The number of hydrogen-bond donors (Lipinski definition) is 9. The van der Waals surface area contributed by atoms with E-state index in [0.29, 0.717) is 16.7 Å². The number of aromatic nitrogens is 4. The Morgan fingerprint density at radius 3 is 2.31 bits per heavy atom. The van der Waals surface area contributed by atoms with E-state index in [2.05, 4.69) is 77.5 Å². The second kappa shape index (κ2) is 11.6. The Bertz CT molecular complexity index is 1420. The zero-order valence-electron chi connectivity index (χ0n) is 19.5. The monoisotopic (exact) mass is 690 g/mol. The number of hydrogen-bond acceptors (Lipinski definition) is 14. The molecule has 204 valence electrons. The standard InChI is InChI=1S/C22H20BFN4O2S9/c23-18(31)19(32,33)20(34,35)21(36,37)22(18,38)39-17-27-26-16(28(17)13-4-1-7-25-10-13)11-30-14-6-5-12(3-2-8-29)15(24)9-14/h1,4-7,9-10,29,31-38H,8,11H2. The molecule has 6 nitrogen and oxygen atoms in total. The van der Waals surface area contributed by atoms with Crippen molar-refractivity contribution in [2.24, 2.45) is 0 Å². The summed E-state index contributed by atoms with van der Waals surface area (Å²) in [4.78, 5) is 4.19. The summed E-state index contributed by atoms with van der Waals surface area (Å²) < 4.78 is 14.6. The van der Waals surface area contributed by atoms with Crippen molar-refractivity contribution in [2.45, 2.75) is 32.7 Å². The molecular weight excluding hydrogens is 671 g/mol. The van der Waals surface area contributed by atoms with Crippen LogP contribution in [0, 0.1) is 17.7 Å². The SMILES string of the molecule is [B]C1(S)C(S)(S)C(S)(S)C(S)(S)C1(S)Sc1nnc(COc2ccc(C#CCO)c(F)c2)n1-c1cccnc1. The first-order valence-corrected chi connectivity index (χ1v) is 15.2. The molecule has 1 aromatic carbocycles. The Labute approximate surface area is 274 Å². The third kappa shape index (κ3) is 5.23. The molecule has 2 radical (unpaired) electrons. The van der Waals surface area contributed by atoms with Gasteiger partial charge in [-0.2, -0.15) is 101 Å². The van der Waals surface area contributed by atoms with Crippen LogP contribution in [0.3, 0.4) is 0 Å². The third-order valence-corrected chi connectivity index (χ3v) is 15.8. The minimum atomic E-state index is -1.58. The van der Waals surface area contributed by atoms with Crippen LogP contribution in [0.1, 0.15) is 11.4 Å². The molecule has 17 heteroatoms. The molecule has 2 heterocycles. The van der Waals surface area contributed by atoms with Crippen LogP contribution in [0.25, 0.3) is 5.69 Å². The van der Waals surface area contributed by atoms with Crippen molar-refractivity contribution in [1.29, 1.82) is 0 Å². The molecule has 0 aliphatic heterocycles. The summed E-state index contributed by atoms with van der Waals surface area (Å²) in [6, 6.07) is 7.76. The summed E-state index contributed by atoms with van der Waals surface area (Å²) in [6.45, 7) is -0.460. The fourth-order valence-corrected chi connectivity index (χ4v) is 9.69. The molecule has 2 unspecified atom stereocenters. The number of ether oxygens (including phenoxy) is 1. The number of pyridine rings is 1. The molecule has 3 aromatic rings. The molecule has 39 heavy (non-hydrogen) atoms. The molecule has 1 fully saturated rings. The Balaban J connectivity index is 1.72. The first kappa shape index (κ1) is 31.9. The highest BCUT2D eigenvalue weighted by Crippen LogP contribution is 2.76. The van der Waals surface area contributed by atoms with Gasteiger partial charge in [0.1, 0.15) is 32.9 Å². The highest BCUT2D eigenvalue weighted by molar-refractivity contribution is 8.19. The minimum Gasteiger partial charge on any atom is -0.485 e. The molecule has 0 saturated heterocycles. The van der Waals surface area contributed by atoms with Crippen LogP contribution in [0.2, 0.25) is 0 Å². The van der Waals surface area contributed by atoms with E-state index in [1.165, 1.54) is 12.1 Å². The van der Waals surface area contributed by atoms with E-state index in [1.54, 1.807) is 35.2 Å². The second-order valence-electron chi connectivity index (χ2n) is 8.36. The van der Waals surface area contributed by atoms with Gasteiger partial charge in [-0.1, -0.05) is 23.6 Å². The number of halogens is 1. The van der Waals surface area contributed by atoms with Gasteiger partial charge in [0, 0.05) is 16.9 Å². The predicted octanol–water partition coefficient (Wildman–Crippen LogP) is 3.92. The number of thiol groups is 8. The molecular formula is C22H20BFN4O2S9. The van der Waals surface area contributed by atoms with Gasteiger partial charge in [0.15, 0.2) is 11.0 Å². The fourth-order valence-electron chi connectivity index (χ4n) is 3.70. The first-order valence-electron chi connectivity index (χ1n) is 10.8. The molecule has 1 aliphatic carbocycles. The topological polar surface area (TPSA) is 73.1 Å². The average Bonchev–Trinajstić information content (AvgIpc) is 3.30. The van der Waals surface area contributed by atoms with Gasteiger partial charge in [0.2, 0.25) is 0 Å². The maximum Gasteiger partial charge on any atom is 0.197 e. The molecule has 1 aliphatic rings. The van der Waals surface area contributed by atoms with E-state index >= 15 is 0 Å². The predicted molar refractivity (Wildman–Crippen MR) is 181 cm³/mol. The van der Waals surface area contributed by atoms with Crippen LogP contribution in [-0.2, 0) is 6.61 Å². The Morgan fingerprint density at radius 2 is 1.74 bits per heavy atom. The normalized spacial score (nSPS) is 24.7. The maximum absolute atomic E-state index is 14.4. The smallest absolute Gasteiger partial charge is 0.197 e. The van der Waals surface area contributed by atoms with Crippen molar-refractivity contribution in [1.82, 2.24) is 19.7 Å². The highest BCUT2D eigenvalue weighted by Gasteiger charge is 2.80. The van der Waals surface area contributed by atoms with E-state index in [9.17, 15) is 4.39 Å². The van der Waals surface area contributed by atoms with Gasteiger partial charge in [-0.05, 0) is 24.3 Å². The molecule has 4 rings (SSSR count). The molecule has 0 amide bonds. The Morgan fingerprint density at radius 1 is 1.03 bits per heavy atom. The molecule has 0 spiro atoms. The van der Waals surface area contributed by atoms with E-state index in [0.717, 1.165) is 11.8 Å². The van der Waals surface area contributed by atoms with Crippen LogP contribution >= 0.6 is 113 Å². The van der Waals surface area contributed by atoms with Gasteiger partial charge >= 0.3 is 0 Å². The molecule has 0 bridgehead atoms. The fraction of sp³-hybridized carbons (Fsp3) is 0.318. The zero-order chi connectivity index (χ0) is 28.9. The molecule has 1 saturated carbocycles. The quantitative estimate of drug-likeness (QED) is 0.0847. The second-order valence-corrected chi connectivity index (χ2v) is 16.3. The number of aliphatic hydroxyl groups excluding tert-OH is 1. The lowest BCUT2D eigenvalue weighted by Crippen LogP contribution is -2.53. The summed E-state index contributed by atoms with van der Waals surface area (Å²) in [5.74, 6) is 4.96. The maximum atomic E-state index is 14.4. The summed E-state index contributed by atoms with van der Waals surface area (Å²) in [5.41, 5.74) is 0.744. The van der Waals surface area contributed by atoms with Gasteiger partial charge in [-0.15, -0.1) is 10.2 Å². The molecule has 1 N–H and O–H groups in total. The number of benzene rings is 1. The highest BCUT2D eigenvalue weighted by atomic mass is 32.2.